The third-order valence-electron chi connectivity index (χ3n) is 3.48. The molecule has 120 valence electrons. The highest BCUT2D eigenvalue weighted by atomic mass is 28.4. The summed E-state index contributed by atoms with van der Waals surface area (Å²) in [6, 6.07) is 16.8. The lowest BCUT2D eigenvalue weighted by Gasteiger charge is -2.27. The van der Waals surface area contributed by atoms with Crippen LogP contribution in [0.5, 0.6) is 5.75 Å². The molecule has 5 heteroatoms. The smallest absolute Gasteiger partial charge is 0.308 e. The molecule has 23 heavy (non-hydrogen) atoms. The molecule has 0 aromatic heterocycles. The summed E-state index contributed by atoms with van der Waals surface area (Å²) < 4.78 is 11.1. The Morgan fingerprint density at radius 1 is 1.04 bits per heavy atom. The highest BCUT2D eigenvalue weighted by molar-refractivity contribution is 6.84. The van der Waals surface area contributed by atoms with E-state index in [1.807, 2.05) is 30.3 Å². The molecule has 2 rings (SSSR count). The van der Waals surface area contributed by atoms with Crippen molar-refractivity contribution in [2.75, 3.05) is 0 Å². The standard InChI is InChI=1S/C18H20O4Si/c1-14(20)21-16-11-9-15(10-12-16)18(13-19)22-23(2,3)17-7-5-4-6-8-17/h4-13,18H,1-3H3. The van der Waals surface area contributed by atoms with Crippen LogP contribution in [-0.2, 0) is 14.0 Å². The minimum atomic E-state index is -2.20. The maximum Gasteiger partial charge on any atom is 0.308 e. The summed E-state index contributed by atoms with van der Waals surface area (Å²) in [6.45, 7) is 5.47. The Balaban J connectivity index is 2.16. The number of ether oxygens (including phenoxy) is 1. The SMILES string of the molecule is CC(=O)Oc1ccc(C(C=O)O[Si](C)(C)c2ccccc2)cc1. The van der Waals surface area contributed by atoms with Gasteiger partial charge in [0.05, 0.1) is 0 Å². The van der Waals surface area contributed by atoms with E-state index in [2.05, 4.69) is 13.1 Å². The van der Waals surface area contributed by atoms with Crippen molar-refractivity contribution in [1.29, 1.82) is 0 Å². The number of hydrogen-bond acceptors (Lipinski definition) is 4. The van der Waals surface area contributed by atoms with E-state index in [0.29, 0.717) is 5.75 Å². The average Bonchev–Trinajstić information content (AvgIpc) is 2.54. The van der Waals surface area contributed by atoms with Gasteiger partial charge in [-0.3, -0.25) is 4.79 Å². The summed E-state index contributed by atoms with van der Waals surface area (Å²) in [6.07, 6.45) is 0.168. The lowest BCUT2D eigenvalue weighted by molar-refractivity contribution is -0.131. The first kappa shape index (κ1) is 17.1. The highest BCUT2D eigenvalue weighted by Crippen LogP contribution is 2.23. The van der Waals surface area contributed by atoms with Crippen LogP contribution in [0, 0.1) is 0 Å². The first-order valence-electron chi connectivity index (χ1n) is 7.39. The molecule has 1 atom stereocenters. The van der Waals surface area contributed by atoms with Gasteiger partial charge in [0.15, 0.2) is 6.29 Å². The Bertz CT molecular complexity index is 665. The summed E-state index contributed by atoms with van der Waals surface area (Å²) in [5, 5.41) is 1.13. The van der Waals surface area contributed by atoms with E-state index < -0.39 is 14.4 Å². The number of carbonyl (C=O) groups excluding carboxylic acids is 2. The minimum Gasteiger partial charge on any atom is -0.427 e. The zero-order valence-electron chi connectivity index (χ0n) is 13.5. The van der Waals surface area contributed by atoms with Crippen LogP contribution >= 0.6 is 0 Å². The van der Waals surface area contributed by atoms with Crippen LogP contribution < -0.4 is 9.92 Å². The van der Waals surface area contributed by atoms with Crippen molar-refractivity contribution >= 4 is 25.8 Å². The van der Waals surface area contributed by atoms with Gasteiger partial charge in [-0.15, -0.1) is 0 Å². The number of aldehydes is 1. The second-order valence-corrected chi connectivity index (χ2v) is 9.55. The van der Waals surface area contributed by atoms with Gasteiger partial charge in [0, 0.05) is 6.92 Å². The highest BCUT2D eigenvalue weighted by Gasteiger charge is 2.29. The van der Waals surface area contributed by atoms with Crippen molar-refractivity contribution in [1.82, 2.24) is 0 Å². The molecule has 0 fully saturated rings. The molecule has 2 aromatic rings. The molecule has 0 saturated carbocycles. The number of hydrogen-bond donors (Lipinski definition) is 0. The number of benzene rings is 2. The Morgan fingerprint density at radius 2 is 1.65 bits per heavy atom. The molecule has 0 spiro atoms. The molecule has 0 amide bonds. The Labute approximate surface area is 137 Å². The summed E-state index contributed by atoms with van der Waals surface area (Å²) in [5.41, 5.74) is 0.743. The number of rotatable bonds is 6. The zero-order chi connectivity index (χ0) is 16.9. The normalized spacial score (nSPS) is 12.5. The summed E-state index contributed by atoms with van der Waals surface area (Å²) in [7, 11) is -2.20. The van der Waals surface area contributed by atoms with Gasteiger partial charge in [0.2, 0.25) is 8.32 Å². The van der Waals surface area contributed by atoms with Gasteiger partial charge in [-0.05, 0) is 36.0 Å². The summed E-state index contributed by atoms with van der Waals surface area (Å²) in [4.78, 5) is 22.4. The first-order chi connectivity index (χ1) is 10.9. The van der Waals surface area contributed by atoms with Crippen molar-refractivity contribution in [2.24, 2.45) is 0 Å². The van der Waals surface area contributed by atoms with Crippen LogP contribution in [0.15, 0.2) is 54.6 Å². The van der Waals surface area contributed by atoms with Crippen LogP contribution in [-0.4, -0.2) is 20.6 Å². The molecular formula is C18H20O4Si. The van der Waals surface area contributed by atoms with Gasteiger partial charge < -0.3 is 14.0 Å². The van der Waals surface area contributed by atoms with Crippen LogP contribution in [0.4, 0.5) is 0 Å². The maximum absolute atomic E-state index is 11.5. The average molecular weight is 328 g/mol. The molecule has 4 nitrogen and oxygen atoms in total. The van der Waals surface area contributed by atoms with E-state index in [1.54, 1.807) is 24.3 Å². The molecule has 0 aliphatic rings. The van der Waals surface area contributed by atoms with Crippen molar-refractivity contribution in [2.45, 2.75) is 26.1 Å². The molecule has 0 N–H and O–H groups in total. The van der Waals surface area contributed by atoms with E-state index in [9.17, 15) is 9.59 Å². The fourth-order valence-corrected chi connectivity index (χ4v) is 4.25. The van der Waals surface area contributed by atoms with E-state index in [-0.39, 0.29) is 5.97 Å². The second kappa shape index (κ2) is 7.35. The monoisotopic (exact) mass is 328 g/mol. The second-order valence-electron chi connectivity index (χ2n) is 5.71. The third kappa shape index (κ3) is 4.61. The van der Waals surface area contributed by atoms with Crippen molar-refractivity contribution in [3.05, 3.63) is 60.2 Å². The Morgan fingerprint density at radius 3 is 2.17 bits per heavy atom. The Hall–Kier alpha value is -2.24. The number of esters is 1. The fourth-order valence-electron chi connectivity index (χ4n) is 2.29. The molecule has 0 aliphatic carbocycles. The van der Waals surface area contributed by atoms with E-state index in [1.165, 1.54) is 6.92 Å². The van der Waals surface area contributed by atoms with Crippen LogP contribution in [0.25, 0.3) is 0 Å². The zero-order valence-corrected chi connectivity index (χ0v) is 14.5. The van der Waals surface area contributed by atoms with Gasteiger partial charge in [-0.2, -0.15) is 0 Å². The van der Waals surface area contributed by atoms with Gasteiger partial charge in [-0.1, -0.05) is 42.5 Å². The lowest BCUT2D eigenvalue weighted by Crippen LogP contribution is -2.45. The predicted molar refractivity (Wildman–Crippen MR) is 91.2 cm³/mol. The molecule has 0 aliphatic heterocycles. The van der Waals surface area contributed by atoms with E-state index in [4.69, 9.17) is 9.16 Å². The lowest BCUT2D eigenvalue weighted by atomic mass is 10.1. The van der Waals surface area contributed by atoms with Crippen molar-refractivity contribution in [3.8, 4) is 5.75 Å². The van der Waals surface area contributed by atoms with Gasteiger partial charge in [0.1, 0.15) is 11.9 Å². The molecule has 2 aromatic carbocycles. The third-order valence-corrected chi connectivity index (χ3v) is 6.05. The first-order valence-corrected chi connectivity index (χ1v) is 10.3. The molecule has 0 saturated heterocycles. The quantitative estimate of drug-likeness (QED) is 0.354. The summed E-state index contributed by atoms with van der Waals surface area (Å²) in [5.74, 6) is 0.0732. The fraction of sp³-hybridized carbons (Fsp3) is 0.222. The van der Waals surface area contributed by atoms with Gasteiger partial charge >= 0.3 is 5.97 Å². The molecule has 1 unspecified atom stereocenters. The topological polar surface area (TPSA) is 52.6 Å². The molecular weight excluding hydrogens is 308 g/mol. The van der Waals surface area contributed by atoms with Crippen LogP contribution in [0.2, 0.25) is 13.1 Å². The minimum absolute atomic E-state index is 0.376. The van der Waals surface area contributed by atoms with Crippen molar-refractivity contribution < 1.29 is 18.8 Å². The van der Waals surface area contributed by atoms with E-state index in [0.717, 1.165) is 17.0 Å². The molecule has 0 heterocycles. The number of carbonyl (C=O) groups is 2. The largest absolute Gasteiger partial charge is 0.427 e. The molecule has 0 bridgehead atoms. The van der Waals surface area contributed by atoms with Crippen LogP contribution in [0.1, 0.15) is 18.6 Å². The van der Waals surface area contributed by atoms with Gasteiger partial charge in [0.25, 0.3) is 0 Å². The van der Waals surface area contributed by atoms with Crippen LogP contribution in [0.3, 0.4) is 0 Å². The van der Waals surface area contributed by atoms with E-state index >= 15 is 0 Å². The predicted octanol–water partition coefficient (Wildman–Crippen LogP) is 2.98. The maximum atomic E-state index is 11.5. The van der Waals surface area contributed by atoms with Crippen molar-refractivity contribution in [3.63, 3.8) is 0 Å². The Kier molecular flexibility index (Phi) is 5.47. The molecule has 0 radical (unpaired) electrons. The summed E-state index contributed by atoms with van der Waals surface area (Å²) >= 11 is 0. The van der Waals surface area contributed by atoms with Gasteiger partial charge in [-0.25, -0.2) is 0 Å².